The van der Waals surface area contributed by atoms with E-state index in [0.29, 0.717) is 12.0 Å². The van der Waals surface area contributed by atoms with Crippen molar-refractivity contribution in [3.63, 3.8) is 0 Å². The third-order valence-corrected chi connectivity index (χ3v) is 1.60. The van der Waals surface area contributed by atoms with E-state index in [1.165, 1.54) is 6.42 Å². The zero-order valence-electron chi connectivity index (χ0n) is 7.70. The van der Waals surface area contributed by atoms with Crippen LogP contribution in [0.3, 0.4) is 0 Å². The molecule has 0 aliphatic rings. The molecule has 0 aliphatic heterocycles. The lowest BCUT2D eigenvalue weighted by Gasteiger charge is -2.22. The highest BCUT2D eigenvalue weighted by atomic mass is 14.5. The van der Waals surface area contributed by atoms with E-state index in [-0.39, 0.29) is 0 Å². The van der Waals surface area contributed by atoms with Gasteiger partial charge in [-0.25, -0.2) is 0 Å². The lowest BCUT2D eigenvalue weighted by molar-refractivity contribution is 0.298. The van der Waals surface area contributed by atoms with Gasteiger partial charge in [0.1, 0.15) is 0 Å². The molecule has 0 aliphatic carbocycles. The summed E-state index contributed by atoms with van der Waals surface area (Å²) in [5.41, 5.74) is 7.48. The molecule has 0 aromatic rings. The molecular weight excluding hydrogens is 122 g/mol. The lowest BCUT2D eigenvalue weighted by Crippen LogP contribution is -2.12. The van der Waals surface area contributed by atoms with Gasteiger partial charge in [-0.05, 0) is 24.2 Å². The van der Waals surface area contributed by atoms with Crippen LogP contribution in [0.25, 0.3) is 0 Å². The molecule has 1 radical (unpaired) electrons. The monoisotopic (exact) mass is 142 g/mol. The van der Waals surface area contributed by atoms with Crippen molar-refractivity contribution in [1.29, 1.82) is 0 Å². The van der Waals surface area contributed by atoms with E-state index in [1.807, 2.05) is 0 Å². The number of hydrogen-bond acceptors (Lipinski definition) is 0. The van der Waals surface area contributed by atoms with E-state index >= 15 is 0 Å². The van der Waals surface area contributed by atoms with Crippen molar-refractivity contribution in [3.05, 3.63) is 0 Å². The number of hydrogen-bond donors (Lipinski definition) is 0. The van der Waals surface area contributed by atoms with Gasteiger partial charge in [0.05, 0.1) is 0 Å². The Bertz CT molecular complexity index is 81.2. The van der Waals surface area contributed by atoms with Gasteiger partial charge in [-0.2, -0.15) is 0 Å². The summed E-state index contributed by atoms with van der Waals surface area (Å²) in [5.74, 6) is 0.720. The molecule has 0 aromatic carbocycles. The molecule has 1 nitrogen and oxygen atoms in total. The predicted molar refractivity (Wildman–Crippen MR) is 45.8 cm³/mol. The zero-order chi connectivity index (χ0) is 8.20. The molecule has 1 N–H and O–H groups in total. The summed E-state index contributed by atoms with van der Waals surface area (Å²) in [7, 11) is 0. The van der Waals surface area contributed by atoms with Crippen molar-refractivity contribution >= 4 is 0 Å². The van der Waals surface area contributed by atoms with Gasteiger partial charge < -0.3 is 0 Å². The smallest absolute Gasteiger partial charge is 0.0102 e. The molecule has 1 atom stereocenters. The van der Waals surface area contributed by atoms with Gasteiger partial charge in [0, 0.05) is 6.54 Å². The summed E-state index contributed by atoms with van der Waals surface area (Å²) >= 11 is 0. The average molecular weight is 142 g/mol. The van der Waals surface area contributed by atoms with Gasteiger partial charge in [0.15, 0.2) is 0 Å². The summed E-state index contributed by atoms with van der Waals surface area (Å²) in [5, 5.41) is 0. The summed E-state index contributed by atoms with van der Waals surface area (Å²) in [6.07, 6.45) is 2.29. The van der Waals surface area contributed by atoms with E-state index in [1.54, 1.807) is 0 Å². The maximum atomic E-state index is 7.04. The molecule has 0 saturated carbocycles. The maximum absolute atomic E-state index is 7.04. The average Bonchev–Trinajstić information content (AvgIpc) is 1.59. The van der Waals surface area contributed by atoms with Gasteiger partial charge in [-0.15, -0.1) is 0 Å². The highest BCUT2D eigenvalue weighted by Gasteiger charge is 2.13. The number of nitrogens with one attached hydrogen (secondary N) is 1. The Morgan fingerprint density at radius 3 is 2.10 bits per heavy atom. The molecule has 1 unspecified atom stereocenters. The summed E-state index contributed by atoms with van der Waals surface area (Å²) in [6, 6.07) is 0. The first kappa shape index (κ1) is 9.96. The van der Waals surface area contributed by atoms with Crippen LogP contribution in [0.15, 0.2) is 0 Å². The van der Waals surface area contributed by atoms with E-state index in [9.17, 15) is 0 Å². The fourth-order valence-corrected chi connectivity index (χ4v) is 1.39. The molecule has 0 spiro atoms. The van der Waals surface area contributed by atoms with Gasteiger partial charge in [-0.3, -0.25) is 5.73 Å². The molecule has 61 valence electrons. The van der Waals surface area contributed by atoms with Crippen LogP contribution in [-0.2, 0) is 0 Å². The minimum absolute atomic E-state index is 0.439. The van der Waals surface area contributed by atoms with Crippen LogP contribution in [0.1, 0.15) is 40.5 Å². The van der Waals surface area contributed by atoms with Gasteiger partial charge in [0.2, 0.25) is 0 Å². The first-order valence-corrected chi connectivity index (χ1v) is 4.10. The first-order valence-electron chi connectivity index (χ1n) is 4.10. The Labute approximate surface area is 65.0 Å². The van der Waals surface area contributed by atoms with Gasteiger partial charge in [-0.1, -0.05) is 27.7 Å². The van der Waals surface area contributed by atoms with E-state index in [4.69, 9.17) is 5.73 Å². The van der Waals surface area contributed by atoms with Crippen molar-refractivity contribution in [1.82, 2.24) is 5.73 Å². The second-order valence-corrected chi connectivity index (χ2v) is 4.41. The Morgan fingerprint density at radius 2 is 1.80 bits per heavy atom. The van der Waals surface area contributed by atoms with Crippen LogP contribution in [0, 0.1) is 11.3 Å². The van der Waals surface area contributed by atoms with Crippen molar-refractivity contribution in [3.8, 4) is 0 Å². The quantitative estimate of drug-likeness (QED) is 0.578. The maximum Gasteiger partial charge on any atom is 0.0102 e. The highest BCUT2D eigenvalue weighted by molar-refractivity contribution is 4.66. The molecule has 0 heterocycles. The second-order valence-electron chi connectivity index (χ2n) is 4.41. The third kappa shape index (κ3) is 6.09. The molecule has 0 rings (SSSR count). The van der Waals surface area contributed by atoms with Crippen molar-refractivity contribution in [2.75, 3.05) is 6.54 Å². The van der Waals surface area contributed by atoms with Crippen LogP contribution < -0.4 is 5.73 Å². The van der Waals surface area contributed by atoms with E-state index in [0.717, 1.165) is 12.3 Å². The van der Waals surface area contributed by atoms with Crippen molar-refractivity contribution < 1.29 is 0 Å². The molecular formula is C9H20N. The Hall–Kier alpha value is -0.0400. The predicted octanol–water partition coefficient (Wildman–Crippen LogP) is 2.73. The van der Waals surface area contributed by atoms with Crippen LogP contribution in [-0.4, -0.2) is 6.54 Å². The van der Waals surface area contributed by atoms with Crippen LogP contribution in [0.2, 0.25) is 0 Å². The Balaban J connectivity index is 3.47. The van der Waals surface area contributed by atoms with Crippen LogP contribution in [0.5, 0.6) is 0 Å². The highest BCUT2D eigenvalue weighted by Crippen LogP contribution is 2.25. The molecule has 0 bridgehead atoms. The minimum atomic E-state index is 0.439. The van der Waals surface area contributed by atoms with Gasteiger partial charge in [0.25, 0.3) is 0 Å². The van der Waals surface area contributed by atoms with Gasteiger partial charge >= 0.3 is 0 Å². The molecule has 0 saturated heterocycles. The Morgan fingerprint density at radius 1 is 1.30 bits per heavy atom. The molecule has 1 heteroatoms. The molecule has 0 amide bonds. The zero-order valence-corrected chi connectivity index (χ0v) is 7.70. The largest absolute Gasteiger partial charge is 0.258 e. The standard InChI is InChI=1S/C9H20N/c1-8(5-6-10)7-9(2,3)4/h8,10H,5-7H2,1-4H3. The minimum Gasteiger partial charge on any atom is -0.258 e. The third-order valence-electron chi connectivity index (χ3n) is 1.60. The Kier molecular flexibility index (Phi) is 3.95. The summed E-state index contributed by atoms with van der Waals surface area (Å²) < 4.78 is 0. The van der Waals surface area contributed by atoms with E-state index < -0.39 is 0 Å². The summed E-state index contributed by atoms with van der Waals surface area (Å²) in [4.78, 5) is 0. The summed E-state index contributed by atoms with van der Waals surface area (Å²) in [6.45, 7) is 9.59. The fraction of sp³-hybridized carbons (Fsp3) is 1.00. The molecule has 0 aromatic heterocycles. The SMILES string of the molecule is CC(CC[NH])CC(C)(C)C. The first-order chi connectivity index (χ1) is 4.45. The van der Waals surface area contributed by atoms with E-state index in [2.05, 4.69) is 27.7 Å². The molecule has 0 fully saturated rings. The van der Waals surface area contributed by atoms with Crippen LogP contribution in [0.4, 0.5) is 0 Å². The lowest BCUT2D eigenvalue weighted by atomic mass is 9.84. The topological polar surface area (TPSA) is 23.8 Å². The van der Waals surface area contributed by atoms with Crippen LogP contribution >= 0.6 is 0 Å². The van der Waals surface area contributed by atoms with Crippen molar-refractivity contribution in [2.24, 2.45) is 11.3 Å². The fourth-order valence-electron chi connectivity index (χ4n) is 1.39. The number of rotatable bonds is 3. The molecule has 10 heavy (non-hydrogen) atoms. The van der Waals surface area contributed by atoms with Crippen molar-refractivity contribution in [2.45, 2.75) is 40.5 Å². The second kappa shape index (κ2) is 3.97. The normalized spacial score (nSPS) is 15.3.